The van der Waals surface area contributed by atoms with Gasteiger partial charge in [-0.15, -0.1) is 0 Å². The van der Waals surface area contributed by atoms with Gasteiger partial charge in [-0.2, -0.15) is 0 Å². The van der Waals surface area contributed by atoms with Crippen molar-refractivity contribution in [1.29, 1.82) is 0 Å². The van der Waals surface area contributed by atoms with Gasteiger partial charge < -0.3 is 20.7 Å². The topological polar surface area (TPSA) is 152 Å². The highest BCUT2D eigenvalue weighted by Crippen LogP contribution is 2.41. The molecule has 2 aliphatic rings. The smallest absolute Gasteiger partial charge is 0.341 e. The van der Waals surface area contributed by atoms with E-state index in [-0.39, 0.29) is 59.3 Å². The molecule has 248 valence electrons. The van der Waals surface area contributed by atoms with Crippen molar-refractivity contribution in [3.8, 4) is 0 Å². The van der Waals surface area contributed by atoms with Gasteiger partial charge >= 0.3 is 11.7 Å². The van der Waals surface area contributed by atoms with Crippen LogP contribution in [0.1, 0.15) is 77.3 Å². The van der Waals surface area contributed by atoms with Gasteiger partial charge in [0.25, 0.3) is 5.56 Å². The summed E-state index contributed by atoms with van der Waals surface area (Å²) in [5.41, 5.74) is 0.0638. The van der Waals surface area contributed by atoms with E-state index < -0.39 is 45.9 Å². The van der Waals surface area contributed by atoms with E-state index in [0.29, 0.717) is 32.5 Å². The van der Waals surface area contributed by atoms with Crippen molar-refractivity contribution in [3.05, 3.63) is 101 Å². The Labute approximate surface area is 268 Å². The standard InChI is InChI=1S/C34H38F2N6O5/c1-17-6-9-21(13-18(17)2)38-25-15-26(43)42(34(47)39-25)11-4-5-24(41-12-10-37-19(3)16-41)27-23(35)14-22-31(29(27)36)40-30(20-7-8-20)28(32(22)44)33(45)46/h6,9,13-15,19-20,24,37-38H,4-5,7-8,10-12,16H2,1-3H3,(H,39,47)(H,40,44)(H,45,46)/t19?,24-/m0/s1. The molecule has 1 saturated carbocycles. The molecule has 2 atom stereocenters. The van der Waals surface area contributed by atoms with E-state index in [1.807, 2.05) is 43.9 Å². The zero-order valence-corrected chi connectivity index (χ0v) is 26.5. The maximum atomic E-state index is 16.4. The van der Waals surface area contributed by atoms with Crippen LogP contribution in [-0.4, -0.2) is 56.2 Å². The molecular weight excluding hydrogens is 610 g/mol. The molecular formula is C34H38F2N6O5. The third-order valence-electron chi connectivity index (χ3n) is 9.29. The number of H-pyrrole nitrogens is 2. The molecule has 6 rings (SSSR count). The minimum Gasteiger partial charge on any atom is -0.477 e. The van der Waals surface area contributed by atoms with Crippen LogP contribution in [0, 0.1) is 25.5 Å². The summed E-state index contributed by atoms with van der Waals surface area (Å²) in [6, 6.07) is 7.18. The number of carbonyl (C=O) groups is 1. The number of aromatic carboxylic acids is 1. The predicted octanol–water partition coefficient (Wildman–Crippen LogP) is 4.41. The second-order valence-electron chi connectivity index (χ2n) is 12.7. The first-order valence-electron chi connectivity index (χ1n) is 15.9. The number of anilines is 2. The zero-order chi connectivity index (χ0) is 33.6. The summed E-state index contributed by atoms with van der Waals surface area (Å²) >= 11 is 0. The van der Waals surface area contributed by atoms with Gasteiger partial charge in [-0.25, -0.2) is 18.4 Å². The Hall–Kier alpha value is -4.62. The minimum atomic E-state index is -1.44. The van der Waals surface area contributed by atoms with Gasteiger partial charge in [0.1, 0.15) is 17.2 Å². The van der Waals surface area contributed by atoms with Crippen molar-refractivity contribution in [2.24, 2.45) is 0 Å². The number of pyridine rings is 1. The van der Waals surface area contributed by atoms with E-state index >= 15 is 8.78 Å². The second-order valence-corrected chi connectivity index (χ2v) is 12.7. The first-order chi connectivity index (χ1) is 22.4. The molecule has 1 aliphatic carbocycles. The summed E-state index contributed by atoms with van der Waals surface area (Å²) in [4.78, 5) is 58.6. The highest BCUT2D eigenvalue weighted by molar-refractivity contribution is 5.94. The summed E-state index contributed by atoms with van der Waals surface area (Å²) in [7, 11) is 0. The maximum absolute atomic E-state index is 16.4. The van der Waals surface area contributed by atoms with Crippen molar-refractivity contribution in [1.82, 2.24) is 24.8 Å². The number of nitrogens with zero attached hydrogens (tertiary/aromatic N) is 2. The van der Waals surface area contributed by atoms with E-state index in [0.717, 1.165) is 27.4 Å². The molecule has 0 radical (unpaired) electrons. The fourth-order valence-electron chi connectivity index (χ4n) is 6.56. The minimum absolute atomic E-state index is 0.0116. The van der Waals surface area contributed by atoms with Crippen LogP contribution in [0.2, 0.25) is 0 Å². The van der Waals surface area contributed by atoms with Gasteiger partial charge in [-0.05, 0) is 75.8 Å². The van der Waals surface area contributed by atoms with Gasteiger partial charge in [0.15, 0.2) is 5.82 Å². The van der Waals surface area contributed by atoms with Crippen molar-refractivity contribution in [2.45, 2.75) is 71.0 Å². The Bertz CT molecular complexity index is 2020. The second kappa shape index (κ2) is 12.9. The summed E-state index contributed by atoms with van der Waals surface area (Å²) in [6.45, 7) is 7.50. The van der Waals surface area contributed by atoms with Crippen LogP contribution in [-0.2, 0) is 6.54 Å². The van der Waals surface area contributed by atoms with Crippen molar-refractivity contribution in [2.75, 3.05) is 25.0 Å². The van der Waals surface area contributed by atoms with Crippen LogP contribution in [0.5, 0.6) is 0 Å². The lowest BCUT2D eigenvalue weighted by molar-refractivity contribution is 0.0694. The van der Waals surface area contributed by atoms with E-state index in [9.17, 15) is 24.3 Å². The van der Waals surface area contributed by atoms with Gasteiger partial charge in [-0.1, -0.05) is 6.07 Å². The van der Waals surface area contributed by atoms with Crippen LogP contribution in [0.15, 0.2) is 44.7 Å². The molecule has 4 aromatic rings. The molecule has 2 aromatic heterocycles. The highest BCUT2D eigenvalue weighted by atomic mass is 19.1. The summed E-state index contributed by atoms with van der Waals surface area (Å²) in [6.07, 6.45) is 1.78. The number of piperazine rings is 1. The van der Waals surface area contributed by atoms with E-state index in [2.05, 4.69) is 20.6 Å². The summed E-state index contributed by atoms with van der Waals surface area (Å²) < 4.78 is 33.4. The fourth-order valence-corrected chi connectivity index (χ4v) is 6.56. The Morgan fingerprint density at radius 3 is 2.51 bits per heavy atom. The number of rotatable bonds is 10. The molecule has 1 saturated heterocycles. The number of carboxylic acid groups (broad SMARTS) is 1. The SMILES string of the molecule is Cc1ccc(Nc2cc(=O)n(CCC[C@@H](c3c(F)cc4c(=O)c(C(=O)O)c(C5CC5)[nH]c4c3F)N3CCNC(C)C3)c(=O)[nH]2)cc1C. The average Bonchev–Trinajstić information content (AvgIpc) is 3.85. The molecule has 47 heavy (non-hydrogen) atoms. The fraction of sp³-hybridized carbons (Fsp3) is 0.412. The lowest BCUT2D eigenvalue weighted by Crippen LogP contribution is -2.50. The molecule has 1 unspecified atom stereocenters. The molecule has 2 aromatic carbocycles. The Balaban J connectivity index is 1.31. The van der Waals surface area contributed by atoms with Crippen LogP contribution in [0.4, 0.5) is 20.3 Å². The van der Waals surface area contributed by atoms with Crippen molar-refractivity contribution >= 4 is 28.4 Å². The number of aromatic nitrogens is 3. The number of benzene rings is 2. The summed E-state index contributed by atoms with van der Waals surface area (Å²) in [5.74, 6) is -3.28. The number of nitrogens with one attached hydrogen (secondary N) is 4. The van der Waals surface area contributed by atoms with E-state index in [4.69, 9.17) is 0 Å². The molecule has 3 heterocycles. The first-order valence-corrected chi connectivity index (χ1v) is 15.9. The molecule has 0 amide bonds. The number of fused-ring (bicyclic) bond motifs is 1. The van der Waals surface area contributed by atoms with Crippen LogP contribution in [0.25, 0.3) is 10.9 Å². The average molecular weight is 649 g/mol. The monoisotopic (exact) mass is 648 g/mol. The Morgan fingerprint density at radius 1 is 1.09 bits per heavy atom. The zero-order valence-electron chi connectivity index (χ0n) is 26.5. The lowest BCUT2D eigenvalue weighted by Gasteiger charge is -2.38. The molecule has 0 spiro atoms. The Morgan fingerprint density at radius 2 is 1.85 bits per heavy atom. The molecule has 11 nitrogen and oxygen atoms in total. The molecule has 0 bridgehead atoms. The number of halogens is 2. The van der Waals surface area contributed by atoms with E-state index in [1.54, 1.807) is 0 Å². The van der Waals surface area contributed by atoms with Crippen LogP contribution >= 0.6 is 0 Å². The van der Waals surface area contributed by atoms with Gasteiger partial charge in [0, 0.05) is 67.2 Å². The first kappa shape index (κ1) is 32.3. The number of carboxylic acids is 1. The predicted molar refractivity (Wildman–Crippen MR) is 175 cm³/mol. The number of aryl methyl sites for hydroxylation is 2. The maximum Gasteiger partial charge on any atom is 0.341 e. The number of aromatic amines is 2. The van der Waals surface area contributed by atoms with Crippen LogP contribution < -0.4 is 27.3 Å². The summed E-state index contributed by atoms with van der Waals surface area (Å²) in [5, 5.41) is 15.7. The van der Waals surface area contributed by atoms with Crippen molar-refractivity contribution < 1.29 is 18.7 Å². The van der Waals surface area contributed by atoms with E-state index in [1.165, 1.54) is 6.07 Å². The third kappa shape index (κ3) is 6.50. The quantitative estimate of drug-likeness (QED) is 0.170. The molecule has 1 aliphatic heterocycles. The number of hydrogen-bond acceptors (Lipinski definition) is 7. The highest BCUT2D eigenvalue weighted by Gasteiger charge is 2.35. The molecule has 5 N–H and O–H groups in total. The van der Waals surface area contributed by atoms with Gasteiger partial charge in [0.2, 0.25) is 5.43 Å². The lowest BCUT2D eigenvalue weighted by atomic mass is 9.95. The van der Waals surface area contributed by atoms with Gasteiger partial charge in [-0.3, -0.25) is 24.0 Å². The largest absolute Gasteiger partial charge is 0.477 e. The molecule has 2 fully saturated rings. The third-order valence-corrected chi connectivity index (χ3v) is 9.29. The van der Waals surface area contributed by atoms with Crippen LogP contribution in [0.3, 0.4) is 0 Å². The van der Waals surface area contributed by atoms with Crippen molar-refractivity contribution in [3.63, 3.8) is 0 Å². The molecule has 13 heteroatoms. The van der Waals surface area contributed by atoms with Gasteiger partial charge in [0.05, 0.1) is 10.9 Å². The number of hydrogen-bond donors (Lipinski definition) is 5. The normalized spacial score (nSPS) is 17.6. The Kier molecular flexibility index (Phi) is 8.86.